The normalized spacial score (nSPS) is 11.2. The summed E-state index contributed by atoms with van der Waals surface area (Å²) in [7, 11) is 0. The molecule has 4 aromatic rings. The van der Waals surface area contributed by atoms with Crippen molar-refractivity contribution in [1.29, 1.82) is 0 Å². The van der Waals surface area contributed by atoms with Gasteiger partial charge in [-0.15, -0.1) is 0 Å². The van der Waals surface area contributed by atoms with E-state index in [1.165, 1.54) is 0 Å². The SMILES string of the molecule is O=C(/C=C/c1n[nH]c2ccccc12)N(Cc1ccn[nH]1)c1ccccc1. The Labute approximate surface area is 150 Å². The number of aromatic amines is 2. The van der Waals surface area contributed by atoms with Gasteiger partial charge in [-0.3, -0.25) is 15.0 Å². The highest BCUT2D eigenvalue weighted by Crippen LogP contribution is 2.19. The summed E-state index contributed by atoms with van der Waals surface area (Å²) >= 11 is 0. The minimum Gasteiger partial charge on any atom is -0.303 e. The van der Waals surface area contributed by atoms with Crippen molar-refractivity contribution in [3.8, 4) is 0 Å². The Morgan fingerprint density at radius 2 is 1.81 bits per heavy atom. The lowest BCUT2D eigenvalue weighted by Gasteiger charge is -2.20. The smallest absolute Gasteiger partial charge is 0.251 e. The van der Waals surface area contributed by atoms with Gasteiger partial charge in [0.15, 0.2) is 0 Å². The van der Waals surface area contributed by atoms with Crippen LogP contribution in [0, 0.1) is 0 Å². The van der Waals surface area contributed by atoms with E-state index in [-0.39, 0.29) is 5.91 Å². The number of anilines is 1. The summed E-state index contributed by atoms with van der Waals surface area (Å²) in [6.45, 7) is 0.411. The second kappa shape index (κ2) is 7.06. The predicted octanol–water partition coefficient (Wildman–Crippen LogP) is 3.53. The fourth-order valence-corrected chi connectivity index (χ4v) is 2.80. The Hall–Kier alpha value is -3.67. The first-order chi connectivity index (χ1) is 12.8. The molecule has 0 spiro atoms. The molecule has 6 heteroatoms. The van der Waals surface area contributed by atoms with Crippen molar-refractivity contribution in [3.63, 3.8) is 0 Å². The third-order valence-corrected chi connectivity index (χ3v) is 4.10. The van der Waals surface area contributed by atoms with E-state index < -0.39 is 0 Å². The first-order valence-corrected chi connectivity index (χ1v) is 8.27. The van der Waals surface area contributed by atoms with Crippen molar-refractivity contribution in [2.24, 2.45) is 0 Å². The average Bonchev–Trinajstić information content (AvgIpc) is 3.35. The lowest BCUT2D eigenvalue weighted by atomic mass is 10.2. The average molecular weight is 343 g/mol. The van der Waals surface area contributed by atoms with Crippen LogP contribution in [0.15, 0.2) is 72.9 Å². The molecule has 2 aromatic carbocycles. The number of carbonyl (C=O) groups is 1. The molecule has 4 rings (SSSR count). The van der Waals surface area contributed by atoms with E-state index in [0.717, 1.165) is 28.0 Å². The van der Waals surface area contributed by atoms with Crippen LogP contribution >= 0.6 is 0 Å². The van der Waals surface area contributed by atoms with Crippen molar-refractivity contribution in [3.05, 3.63) is 84.3 Å². The first-order valence-electron chi connectivity index (χ1n) is 8.27. The van der Waals surface area contributed by atoms with Gasteiger partial charge in [0.2, 0.25) is 0 Å². The summed E-state index contributed by atoms with van der Waals surface area (Å²) in [6, 6.07) is 19.2. The second-order valence-corrected chi connectivity index (χ2v) is 5.83. The third kappa shape index (κ3) is 3.25. The predicted molar refractivity (Wildman–Crippen MR) is 101 cm³/mol. The van der Waals surface area contributed by atoms with Crippen LogP contribution in [0.4, 0.5) is 5.69 Å². The van der Waals surface area contributed by atoms with Crippen LogP contribution in [-0.4, -0.2) is 26.3 Å². The van der Waals surface area contributed by atoms with Crippen LogP contribution in [0.1, 0.15) is 11.4 Å². The van der Waals surface area contributed by atoms with Gasteiger partial charge in [-0.2, -0.15) is 10.2 Å². The zero-order chi connectivity index (χ0) is 17.8. The maximum atomic E-state index is 12.9. The standard InChI is InChI=1S/C20H17N5O/c26-20(11-10-19-17-8-4-5-9-18(17)23-24-19)25(14-15-12-13-21-22-15)16-6-2-1-3-7-16/h1-13H,14H2,(H,21,22)(H,23,24)/b11-10+. The van der Waals surface area contributed by atoms with E-state index in [0.29, 0.717) is 6.54 Å². The fraction of sp³-hybridized carbons (Fsp3) is 0.0500. The molecule has 0 saturated heterocycles. The first kappa shape index (κ1) is 15.8. The summed E-state index contributed by atoms with van der Waals surface area (Å²) in [6.07, 6.45) is 4.96. The van der Waals surface area contributed by atoms with Crippen molar-refractivity contribution < 1.29 is 4.79 Å². The quantitative estimate of drug-likeness (QED) is 0.544. The minimum atomic E-state index is -0.127. The van der Waals surface area contributed by atoms with Gasteiger partial charge in [0, 0.05) is 23.3 Å². The number of nitrogens with zero attached hydrogens (tertiary/aromatic N) is 3. The van der Waals surface area contributed by atoms with E-state index in [1.807, 2.05) is 60.7 Å². The van der Waals surface area contributed by atoms with Crippen LogP contribution in [0.25, 0.3) is 17.0 Å². The number of benzene rings is 2. The summed E-state index contributed by atoms with van der Waals surface area (Å²) in [4.78, 5) is 14.6. The van der Waals surface area contributed by atoms with Crippen molar-refractivity contribution in [2.75, 3.05) is 4.90 Å². The number of aromatic nitrogens is 4. The zero-order valence-corrected chi connectivity index (χ0v) is 14.0. The molecular weight excluding hydrogens is 326 g/mol. The molecule has 6 nitrogen and oxygen atoms in total. The van der Waals surface area contributed by atoms with Gasteiger partial charge in [-0.1, -0.05) is 36.4 Å². The summed E-state index contributed by atoms with van der Waals surface area (Å²) < 4.78 is 0. The van der Waals surface area contributed by atoms with E-state index in [4.69, 9.17) is 0 Å². The fourth-order valence-electron chi connectivity index (χ4n) is 2.80. The Balaban J connectivity index is 1.61. The van der Waals surface area contributed by atoms with E-state index in [1.54, 1.807) is 23.2 Å². The Morgan fingerprint density at radius 1 is 1.00 bits per heavy atom. The Morgan fingerprint density at radius 3 is 2.62 bits per heavy atom. The monoisotopic (exact) mass is 343 g/mol. The maximum absolute atomic E-state index is 12.9. The molecule has 0 saturated carbocycles. The molecule has 1 amide bonds. The number of nitrogens with one attached hydrogen (secondary N) is 2. The molecule has 0 radical (unpaired) electrons. The number of amides is 1. The van der Waals surface area contributed by atoms with Crippen molar-refractivity contribution in [2.45, 2.75) is 6.54 Å². The number of hydrogen-bond donors (Lipinski definition) is 2. The molecular formula is C20H17N5O. The molecule has 0 unspecified atom stereocenters. The van der Waals surface area contributed by atoms with E-state index >= 15 is 0 Å². The lowest BCUT2D eigenvalue weighted by molar-refractivity contribution is -0.114. The minimum absolute atomic E-state index is 0.127. The number of hydrogen-bond acceptors (Lipinski definition) is 3. The van der Waals surface area contributed by atoms with Crippen LogP contribution in [-0.2, 0) is 11.3 Å². The topological polar surface area (TPSA) is 77.7 Å². The molecule has 0 aliphatic rings. The molecule has 0 atom stereocenters. The number of carbonyl (C=O) groups excluding carboxylic acids is 1. The molecule has 0 aliphatic carbocycles. The van der Waals surface area contributed by atoms with Gasteiger partial charge in [0.1, 0.15) is 0 Å². The van der Waals surface area contributed by atoms with E-state index in [2.05, 4.69) is 20.4 Å². The molecule has 2 aromatic heterocycles. The third-order valence-electron chi connectivity index (χ3n) is 4.10. The molecule has 0 fully saturated rings. The van der Waals surface area contributed by atoms with Crippen LogP contribution < -0.4 is 4.90 Å². The molecule has 0 aliphatic heterocycles. The van der Waals surface area contributed by atoms with Gasteiger partial charge in [0.25, 0.3) is 5.91 Å². The summed E-state index contributed by atoms with van der Waals surface area (Å²) in [5.41, 5.74) is 3.37. The van der Waals surface area contributed by atoms with Crippen LogP contribution in [0.2, 0.25) is 0 Å². The number of para-hydroxylation sites is 2. The maximum Gasteiger partial charge on any atom is 0.251 e. The van der Waals surface area contributed by atoms with Crippen LogP contribution in [0.5, 0.6) is 0 Å². The Kier molecular flexibility index (Phi) is 4.30. The zero-order valence-electron chi connectivity index (χ0n) is 14.0. The Bertz CT molecular complexity index is 1030. The van der Waals surface area contributed by atoms with Crippen molar-refractivity contribution in [1.82, 2.24) is 20.4 Å². The highest BCUT2D eigenvalue weighted by molar-refractivity contribution is 6.04. The summed E-state index contributed by atoms with van der Waals surface area (Å²) in [5, 5.41) is 15.1. The number of rotatable bonds is 5. The summed E-state index contributed by atoms with van der Waals surface area (Å²) in [5.74, 6) is -0.127. The van der Waals surface area contributed by atoms with Gasteiger partial charge in [0.05, 0.1) is 23.4 Å². The number of H-pyrrole nitrogens is 2. The van der Waals surface area contributed by atoms with Gasteiger partial charge in [-0.05, 0) is 30.3 Å². The molecule has 0 bridgehead atoms. The van der Waals surface area contributed by atoms with Crippen molar-refractivity contribution >= 4 is 28.6 Å². The van der Waals surface area contributed by atoms with E-state index in [9.17, 15) is 4.79 Å². The van der Waals surface area contributed by atoms with Gasteiger partial charge >= 0.3 is 0 Å². The van der Waals surface area contributed by atoms with Gasteiger partial charge in [-0.25, -0.2) is 0 Å². The highest BCUT2D eigenvalue weighted by atomic mass is 16.2. The molecule has 26 heavy (non-hydrogen) atoms. The molecule has 128 valence electrons. The lowest BCUT2D eigenvalue weighted by Crippen LogP contribution is -2.28. The number of fused-ring (bicyclic) bond motifs is 1. The highest BCUT2D eigenvalue weighted by Gasteiger charge is 2.14. The van der Waals surface area contributed by atoms with Crippen LogP contribution in [0.3, 0.4) is 0 Å². The van der Waals surface area contributed by atoms with Gasteiger partial charge < -0.3 is 4.90 Å². The molecule has 2 N–H and O–H groups in total. The second-order valence-electron chi connectivity index (χ2n) is 5.83. The largest absolute Gasteiger partial charge is 0.303 e. The molecule has 2 heterocycles.